The highest BCUT2D eigenvalue weighted by Crippen LogP contribution is 2.41. The largest absolute Gasteiger partial charge is 0.495 e. The van der Waals surface area contributed by atoms with Crippen LogP contribution in [-0.2, 0) is 4.79 Å². The third kappa shape index (κ3) is 2.40. The van der Waals surface area contributed by atoms with Crippen LogP contribution < -0.4 is 9.64 Å². The molecule has 0 atom stereocenters. The molecule has 0 aliphatic carbocycles. The van der Waals surface area contributed by atoms with Crippen molar-refractivity contribution in [3.8, 4) is 5.75 Å². The fourth-order valence-electron chi connectivity index (χ4n) is 2.99. The fourth-order valence-corrected chi connectivity index (χ4v) is 3.23. The highest BCUT2D eigenvalue weighted by Gasteiger charge is 2.40. The Morgan fingerprint density at radius 2 is 1.90 bits per heavy atom. The van der Waals surface area contributed by atoms with Crippen molar-refractivity contribution in [1.82, 2.24) is 4.90 Å². The number of rotatable bonds is 4. The molecule has 1 aromatic carbocycles. The number of Topliss-reactive ketones (excluding diaryl/α,β-unsaturated/α-hetero) is 1. The quantitative estimate of drug-likeness (QED) is 0.798. The minimum atomic E-state index is -0.546. The van der Waals surface area contributed by atoms with Crippen molar-refractivity contribution >= 4 is 29.0 Å². The second-order valence-electron chi connectivity index (χ2n) is 5.31. The molecule has 1 fully saturated rings. The van der Waals surface area contributed by atoms with Crippen molar-refractivity contribution in [1.29, 1.82) is 0 Å². The zero-order valence-electron chi connectivity index (χ0n) is 11.9. The van der Waals surface area contributed by atoms with Gasteiger partial charge in [0, 0.05) is 13.1 Å². The van der Waals surface area contributed by atoms with Gasteiger partial charge in [0.1, 0.15) is 5.75 Å². The van der Waals surface area contributed by atoms with Gasteiger partial charge in [-0.3, -0.25) is 9.59 Å². The van der Waals surface area contributed by atoms with Crippen molar-refractivity contribution < 1.29 is 14.3 Å². The molecule has 112 valence electrons. The molecule has 2 aliphatic heterocycles. The summed E-state index contributed by atoms with van der Waals surface area (Å²) in [5.74, 6) is -0.555. The molecule has 1 aromatic rings. The van der Waals surface area contributed by atoms with Gasteiger partial charge in [-0.05, 0) is 38.1 Å². The maximum Gasteiger partial charge on any atom is 0.299 e. The molecule has 3 rings (SSSR count). The second-order valence-corrected chi connectivity index (χ2v) is 5.72. The summed E-state index contributed by atoms with van der Waals surface area (Å²) in [5.41, 5.74) is 0.779. The Bertz CT molecular complexity index is 597. The van der Waals surface area contributed by atoms with E-state index in [2.05, 4.69) is 4.90 Å². The van der Waals surface area contributed by atoms with E-state index in [0.717, 1.165) is 19.6 Å². The van der Waals surface area contributed by atoms with Crippen LogP contribution in [0.25, 0.3) is 0 Å². The minimum absolute atomic E-state index is 0.266. The molecule has 6 heteroatoms. The number of nitrogens with zero attached hydrogens (tertiary/aromatic N) is 2. The molecule has 1 amide bonds. The van der Waals surface area contributed by atoms with Crippen LogP contribution in [0, 0.1) is 0 Å². The number of ketones is 1. The average Bonchev–Trinajstić information content (AvgIpc) is 3.07. The number of carbonyl (C=O) groups is 2. The fraction of sp³-hybridized carbons (Fsp3) is 0.467. The summed E-state index contributed by atoms with van der Waals surface area (Å²) in [7, 11) is 1.52. The van der Waals surface area contributed by atoms with Crippen LogP contribution in [0.4, 0.5) is 5.69 Å². The number of likely N-dealkylation sites (tertiary alicyclic amines) is 1. The van der Waals surface area contributed by atoms with Gasteiger partial charge in [0.15, 0.2) is 0 Å². The Hall–Kier alpha value is -1.59. The van der Waals surface area contributed by atoms with Crippen molar-refractivity contribution in [2.45, 2.75) is 12.8 Å². The molecule has 1 saturated heterocycles. The van der Waals surface area contributed by atoms with E-state index in [-0.39, 0.29) is 5.56 Å². The van der Waals surface area contributed by atoms with E-state index < -0.39 is 11.7 Å². The molecule has 2 heterocycles. The molecule has 0 radical (unpaired) electrons. The smallest absolute Gasteiger partial charge is 0.299 e. The Labute approximate surface area is 128 Å². The Morgan fingerprint density at radius 3 is 2.57 bits per heavy atom. The molecular formula is C15H17ClN2O3. The van der Waals surface area contributed by atoms with Crippen molar-refractivity contribution in [3.63, 3.8) is 0 Å². The van der Waals surface area contributed by atoms with E-state index in [0.29, 0.717) is 23.0 Å². The number of halogens is 1. The van der Waals surface area contributed by atoms with Crippen LogP contribution in [0.2, 0.25) is 5.02 Å². The summed E-state index contributed by atoms with van der Waals surface area (Å²) in [6.45, 7) is 3.34. The van der Waals surface area contributed by atoms with Crippen LogP contribution >= 0.6 is 11.6 Å². The number of anilines is 1. The van der Waals surface area contributed by atoms with Crippen molar-refractivity contribution in [3.05, 3.63) is 22.7 Å². The molecule has 0 bridgehead atoms. The molecule has 5 nitrogen and oxygen atoms in total. The predicted octanol–water partition coefficient (Wildman–Crippen LogP) is 1.97. The summed E-state index contributed by atoms with van der Waals surface area (Å²) in [6.07, 6.45) is 2.39. The van der Waals surface area contributed by atoms with Crippen LogP contribution in [-0.4, -0.2) is 49.9 Å². The van der Waals surface area contributed by atoms with Crippen molar-refractivity contribution in [2.75, 3.05) is 38.2 Å². The van der Waals surface area contributed by atoms with Crippen LogP contribution in [0.1, 0.15) is 23.2 Å². The lowest BCUT2D eigenvalue weighted by Crippen LogP contribution is -2.37. The third-order valence-corrected chi connectivity index (χ3v) is 4.40. The van der Waals surface area contributed by atoms with Gasteiger partial charge in [-0.1, -0.05) is 11.6 Å². The SMILES string of the molecule is COc1ccc(Cl)c2c1N(CCN1CCCC1)C(=O)C2=O. The predicted molar refractivity (Wildman–Crippen MR) is 80.4 cm³/mol. The molecule has 2 aliphatic rings. The van der Waals surface area contributed by atoms with Gasteiger partial charge in [0.2, 0.25) is 0 Å². The number of carbonyl (C=O) groups excluding carboxylic acids is 2. The van der Waals surface area contributed by atoms with Gasteiger partial charge in [-0.15, -0.1) is 0 Å². The number of ether oxygens (including phenoxy) is 1. The van der Waals surface area contributed by atoms with Gasteiger partial charge in [-0.25, -0.2) is 0 Å². The van der Waals surface area contributed by atoms with Gasteiger partial charge < -0.3 is 14.5 Å². The summed E-state index contributed by atoms with van der Waals surface area (Å²) >= 11 is 6.09. The number of benzene rings is 1. The highest BCUT2D eigenvalue weighted by atomic mass is 35.5. The van der Waals surface area contributed by atoms with Gasteiger partial charge in [0.05, 0.1) is 23.4 Å². The van der Waals surface area contributed by atoms with Gasteiger partial charge >= 0.3 is 0 Å². The lowest BCUT2D eigenvalue weighted by molar-refractivity contribution is -0.114. The third-order valence-electron chi connectivity index (χ3n) is 4.08. The molecule has 0 unspecified atom stereocenters. The van der Waals surface area contributed by atoms with E-state index in [1.54, 1.807) is 12.1 Å². The molecular weight excluding hydrogens is 292 g/mol. The van der Waals surface area contributed by atoms with Gasteiger partial charge in [0.25, 0.3) is 11.7 Å². The zero-order chi connectivity index (χ0) is 15.0. The standard InChI is InChI=1S/C15H17ClN2O3/c1-21-11-5-4-10(16)12-13(11)18(15(20)14(12)19)9-8-17-6-2-3-7-17/h4-5H,2-3,6-9H2,1H3. The molecule has 0 N–H and O–H groups in total. The van der Waals surface area contributed by atoms with E-state index in [9.17, 15) is 9.59 Å². The van der Waals surface area contributed by atoms with Gasteiger partial charge in [-0.2, -0.15) is 0 Å². The van der Waals surface area contributed by atoms with E-state index >= 15 is 0 Å². The summed E-state index contributed by atoms with van der Waals surface area (Å²) < 4.78 is 5.29. The first-order valence-electron chi connectivity index (χ1n) is 7.08. The van der Waals surface area contributed by atoms with Crippen LogP contribution in [0.15, 0.2) is 12.1 Å². The van der Waals surface area contributed by atoms with Crippen LogP contribution in [0.5, 0.6) is 5.75 Å². The summed E-state index contributed by atoms with van der Waals surface area (Å²) in [5, 5.41) is 0.299. The second kappa shape index (κ2) is 5.66. The molecule has 21 heavy (non-hydrogen) atoms. The number of fused-ring (bicyclic) bond motifs is 1. The summed E-state index contributed by atoms with van der Waals surface area (Å²) in [6, 6.07) is 3.28. The first kappa shape index (κ1) is 14.4. The van der Waals surface area contributed by atoms with Crippen molar-refractivity contribution in [2.24, 2.45) is 0 Å². The Kier molecular flexibility index (Phi) is 3.87. The Balaban J connectivity index is 1.90. The van der Waals surface area contributed by atoms with E-state index in [1.165, 1.54) is 24.9 Å². The van der Waals surface area contributed by atoms with E-state index in [4.69, 9.17) is 16.3 Å². The van der Waals surface area contributed by atoms with E-state index in [1.807, 2.05) is 0 Å². The minimum Gasteiger partial charge on any atom is -0.495 e. The maximum absolute atomic E-state index is 12.2. The molecule has 0 aromatic heterocycles. The normalized spacial score (nSPS) is 18.5. The number of amides is 1. The topological polar surface area (TPSA) is 49.9 Å². The number of methoxy groups -OCH3 is 1. The highest BCUT2D eigenvalue weighted by molar-refractivity contribution is 6.55. The molecule has 0 saturated carbocycles. The average molecular weight is 309 g/mol. The Morgan fingerprint density at radius 1 is 1.19 bits per heavy atom. The number of hydrogen-bond donors (Lipinski definition) is 0. The lowest BCUT2D eigenvalue weighted by Gasteiger charge is -2.22. The monoisotopic (exact) mass is 308 g/mol. The zero-order valence-corrected chi connectivity index (χ0v) is 12.7. The molecule has 0 spiro atoms. The lowest BCUT2D eigenvalue weighted by atomic mass is 10.1. The summed E-state index contributed by atoms with van der Waals surface area (Å²) in [4.78, 5) is 28.2. The first-order valence-corrected chi connectivity index (χ1v) is 7.46. The van der Waals surface area contributed by atoms with Crippen LogP contribution in [0.3, 0.4) is 0 Å². The first-order chi connectivity index (χ1) is 10.1. The maximum atomic E-state index is 12.2. The number of hydrogen-bond acceptors (Lipinski definition) is 4.